The average molecular weight is 588 g/mol. The molecule has 2 heterocycles. The third-order valence-electron chi connectivity index (χ3n) is 7.13. The maximum atomic E-state index is 13.7. The maximum Gasteiger partial charge on any atom is 0.219 e. The summed E-state index contributed by atoms with van der Waals surface area (Å²) in [6.45, 7) is 4.08. The van der Waals surface area contributed by atoms with Crippen LogP contribution in [0.5, 0.6) is 11.5 Å². The predicted octanol–water partition coefficient (Wildman–Crippen LogP) is 5.47. The molecule has 1 unspecified atom stereocenters. The second kappa shape index (κ2) is 11.4. The number of benzene rings is 2. The topological polar surface area (TPSA) is 131 Å². The molecule has 0 saturated carbocycles. The lowest BCUT2D eigenvalue weighted by Crippen LogP contribution is -2.42. The van der Waals surface area contributed by atoms with Crippen molar-refractivity contribution in [2.24, 2.45) is 11.1 Å². The molecule has 9 nitrogen and oxygen atoms in total. The molecule has 2 aromatic carbocycles. The van der Waals surface area contributed by atoms with Crippen molar-refractivity contribution in [3.05, 3.63) is 82.3 Å². The molecule has 210 valence electrons. The van der Waals surface area contributed by atoms with Crippen LogP contribution in [0.2, 0.25) is 0 Å². The van der Waals surface area contributed by atoms with E-state index < -0.39 is 5.92 Å². The first-order valence-corrected chi connectivity index (χ1v) is 14.7. The quantitative estimate of drug-likeness (QED) is 0.267. The first-order valence-electron chi connectivity index (χ1n) is 12.9. The first kappa shape index (κ1) is 28.4. The summed E-state index contributed by atoms with van der Waals surface area (Å²) in [5, 5.41) is 19.4. The van der Waals surface area contributed by atoms with E-state index in [2.05, 4.69) is 16.3 Å². The Morgan fingerprint density at radius 1 is 1.15 bits per heavy atom. The number of nitriles is 1. The van der Waals surface area contributed by atoms with Crippen LogP contribution < -0.4 is 20.1 Å². The van der Waals surface area contributed by atoms with Crippen molar-refractivity contribution in [3.8, 4) is 17.6 Å². The number of aromatic nitrogens is 2. The molecular weight excluding hydrogens is 558 g/mol. The molecule has 0 amide bonds. The Labute approximate surface area is 246 Å². The van der Waals surface area contributed by atoms with Crippen molar-refractivity contribution in [2.45, 2.75) is 36.9 Å². The molecule has 1 atom stereocenters. The number of ketones is 2. The molecule has 3 aromatic rings. The Bertz CT molecular complexity index is 1620. The fourth-order valence-corrected chi connectivity index (χ4v) is 7.00. The van der Waals surface area contributed by atoms with Crippen LogP contribution >= 0.6 is 23.1 Å². The molecule has 41 heavy (non-hydrogen) atoms. The van der Waals surface area contributed by atoms with Crippen LogP contribution in [0.3, 0.4) is 0 Å². The minimum atomic E-state index is -0.617. The number of hydrogen-bond donors (Lipinski definition) is 1. The number of rotatable bonds is 8. The summed E-state index contributed by atoms with van der Waals surface area (Å²) in [5.74, 6) is 0.996. The average Bonchev–Trinajstić information content (AvgIpc) is 3.43. The van der Waals surface area contributed by atoms with Crippen LogP contribution in [0.15, 0.2) is 75.5 Å². The van der Waals surface area contributed by atoms with E-state index in [0.29, 0.717) is 44.9 Å². The fraction of sp³-hybridized carbons (Fsp3) is 0.300. The van der Waals surface area contributed by atoms with E-state index in [1.54, 1.807) is 43.4 Å². The Balaban J connectivity index is 1.50. The molecule has 2 aliphatic rings. The first-order chi connectivity index (χ1) is 19.7. The van der Waals surface area contributed by atoms with Gasteiger partial charge in [-0.25, -0.2) is 0 Å². The van der Waals surface area contributed by atoms with Crippen molar-refractivity contribution >= 4 is 39.8 Å². The summed E-state index contributed by atoms with van der Waals surface area (Å²) < 4.78 is 11.2. The van der Waals surface area contributed by atoms with Crippen molar-refractivity contribution in [3.63, 3.8) is 0 Å². The van der Waals surface area contributed by atoms with Gasteiger partial charge in [0, 0.05) is 23.3 Å². The van der Waals surface area contributed by atoms with Crippen molar-refractivity contribution in [2.75, 3.05) is 24.9 Å². The lowest BCUT2D eigenvalue weighted by Gasteiger charge is -2.42. The number of hydrogen-bond acceptors (Lipinski definition) is 11. The van der Waals surface area contributed by atoms with E-state index in [1.807, 2.05) is 38.1 Å². The van der Waals surface area contributed by atoms with Gasteiger partial charge in [0.25, 0.3) is 0 Å². The Morgan fingerprint density at radius 2 is 1.88 bits per heavy atom. The second-order valence-corrected chi connectivity index (χ2v) is 12.7. The number of thioether (sulfide) groups is 1. The van der Waals surface area contributed by atoms with Gasteiger partial charge in [0.15, 0.2) is 15.9 Å². The van der Waals surface area contributed by atoms with Gasteiger partial charge in [-0.15, -0.1) is 10.2 Å². The van der Waals surface area contributed by atoms with Crippen LogP contribution in [0.25, 0.3) is 0 Å². The van der Waals surface area contributed by atoms with Crippen LogP contribution in [0.4, 0.5) is 5.13 Å². The number of nitrogens with two attached hydrogens (primary N) is 1. The minimum absolute atomic E-state index is 0.0291. The fourth-order valence-electron chi connectivity index (χ4n) is 5.22. The molecule has 0 radical (unpaired) electrons. The van der Waals surface area contributed by atoms with Gasteiger partial charge < -0.3 is 15.2 Å². The molecule has 1 aliphatic heterocycles. The van der Waals surface area contributed by atoms with Crippen molar-refractivity contribution in [1.29, 1.82) is 5.26 Å². The zero-order valence-electron chi connectivity index (χ0n) is 23.1. The minimum Gasteiger partial charge on any atom is -0.497 e. The number of anilines is 1. The standard InChI is InChI=1S/C30H29N5O4S2/c1-30(2)13-22-26(23(36)14-30)25(18-6-5-7-20(12-18)39-4)21(15-31)27(32)35(22)28-33-34-29(41-28)40-16-24(37)17-8-10-19(38-3)11-9-17/h5-12,25H,13-14,16,32H2,1-4H3. The molecule has 11 heteroatoms. The smallest absolute Gasteiger partial charge is 0.219 e. The summed E-state index contributed by atoms with van der Waals surface area (Å²) in [5.41, 5.74) is 9.26. The van der Waals surface area contributed by atoms with Crippen LogP contribution in [0, 0.1) is 16.7 Å². The summed E-state index contributed by atoms with van der Waals surface area (Å²) in [4.78, 5) is 28.2. The molecule has 0 fully saturated rings. The van der Waals surface area contributed by atoms with E-state index in [0.717, 1.165) is 11.3 Å². The summed E-state index contributed by atoms with van der Waals surface area (Å²) in [6.07, 6.45) is 0.912. The van der Waals surface area contributed by atoms with Gasteiger partial charge >= 0.3 is 0 Å². The summed E-state index contributed by atoms with van der Waals surface area (Å²) in [7, 11) is 3.15. The maximum absolute atomic E-state index is 13.7. The monoisotopic (exact) mass is 587 g/mol. The number of ether oxygens (including phenoxy) is 2. The van der Waals surface area contributed by atoms with Gasteiger partial charge in [-0.1, -0.05) is 49.1 Å². The van der Waals surface area contributed by atoms with E-state index in [-0.39, 0.29) is 34.1 Å². The molecular formula is C30H29N5O4S2. The Kier molecular flexibility index (Phi) is 7.89. The molecule has 2 N–H and O–H groups in total. The van der Waals surface area contributed by atoms with Crippen molar-refractivity contribution < 1.29 is 19.1 Å². The van der Waals surface area contributed by atoms with E-state index in [4.69, 9.17) is 15.2 Å². The number of Topliss-reactive ketones (excluding diaryl/α,β-unsaturated/α-hetero) is 2. The van der Waals surface area contributed by atoms with Crippen LogP contribution in [-0.2, 0) is 4.79 Å². The molecule has 0 spiro atoms. The second-order valence-electron chi connectivity index (χ2n) is 10.5. The number of allylic oxidation sites excluding steroid dienone is 3. The van der Waals surface area contributed by atoms with Crippen LogP contribution in [0.1, 0.15) is 48.5 Å². The lowest BCUT2D eigenvalue weighted by atomic mass is 9.68. The molecule has 0 bridgehead atoms. The zero-order valence-corrected chi connectivity index (χ0v) is 24.8. The molecule has 1 aromatic heterocycles. The third-order valence-corrected chi connectivity index (χ3v) is 9.18. The number of nitrogens with zero attached hydrogens (tertiary/aromatic N) is 4. The molecule has 0 saturated heterocycles. The summed E-state index contributed by atoms with van der Waals surface area (Å²) >= 11 is 2.54. The highest BCUT2D eigenvalue weighted by Gasteiger charge is 2.45. The lowest BCUT2D eigenvalue weighted by molar-refractivity contribution is -0.118. The highest BCUT2D eigenvalue weighted by molar-refractivity contribution is 8.01. The SMILES string of the molecule is COc1ccc(C(=O)CSc2nnc(N3C(N)=C(C#N)C(c4cccc(OC)c4)C4=C3CC(C)(C)CC4=O)s2)cc1. The van der Waals surface area contributed by atoms with E-state index in [1.165, 1.54) is 23.1 Å². The highest BCUT2D eigenvalue weighted by Crippen LogP contribution is 2.51. The highest BCUT2D eigenvalue weighted by atomic mass is 32.2. The Morgan fingerprint density at radius 3 is 2.56 bits per heavy atom. The summed E-state index contributed by atoms with van der Waals surface area (Å²) in [6, 6.07) is 16.6. The van der Waals surface area contributed by atoms with Gasteiger partial charge in [-0.3, -0.25) is 14.5 Å². The van der Waals surface area contributed by atoms with Gasteiger partial charge in [-0.2, -0.15) is 5.26 Å². The van der Waals surface area contributed by atoms with E-state index in [9.17, 15) is 14.9 Å². The Hall–Kier alpha value is -4.14. The van der Waals surface area contributed by atoms with Crippen LogP contribution in [-0.4, -0.2) is 41.7 Å². The molecule has 5 rings (SSSR count). The zero-order chi connectivity index (χ0) is 29.3. The van der Waals surface area contributed by atoms with E-state index >= 15 is 0 Å². The predicted molar refractivity (Wildman–Crippen MR) is 158 cm³/mol. The number of methoxy groups -OCH3 is 2. The van der Waals surface area contributed by atoms with Gasteiger partial charge in [0.2, 0.25) is 5.13 Å². The van der Waals surface area contributed by atoms with Gasteiger partial charge in [0.1, 0.15) is 17.3 Å². The van der Waals surface area contributed by atoms with Gasteiger partial charge in [0.05, 0.1) is 37.5 Å². The largest absolute Gasteiger partial charge is 0.497 e. The van der Waals surface area contributed by atoms with Crippen molar-refractivity contribution in [1.82, 2.24) is 10.2 Å². The number of carbonyl (C=O) groups excluding carboxylic acids is 2. The molecule has 1 aliphatic carbocycles. The normalized spacial score (nSPS) is 18.2. The van der Waals surface area contributed by atoms with Gasteiger partial charge in [-0.05, 0) is 53.8 Å². The number of carbonyl (C=O) groups is 2. The third kappa shape index (κ3) is 5.58.